The minimum atomic E-state index is -0.750. The van der Waals surface area contributed by atoms with Crippen molar-refractivity contribution < 1.29 is 17.9 Å². The first-order valence-corrected chi connectivity index (χ1v) is 6.42. The molecule has 19 heavy (non-hydrogen) atoms. The highest BCUT2D eigenvalue weighted by Gasteiger charge is 2.12. The summed E-state index contributed by atoms with van der Waals surface area (Å²) in [6, 6.07) is 2.47. The number of benzene rings is 1. The van der Waals surface area contributed by atoms with E-state index in [4.69, 9.17) is 4.74 Å². The van der Waals surface area contributed by atoms with Gasteiger partial charge in [-0.3, -0.25) is 4.39 Å². The SMILES string of the molecule is CC(C)CNCc1cc(F)c(OCCCF)c(F)c1. The van der Waals surface area contributed by atoms with Crippen molar-refractivity contribution >= 4 is 0 Å². The standard InChI is InChI=1S/C14H20F3NO/c1-10(2)8-18-9-11-6-12(16)14(13(17)7-11)19-5-3-4-15/h6-7,10,18H,3-5,8-9H2,1-2H3. The highest BCUT2D eigenvalue weighted by molar-refractivity contribution is 5.31. The molecule has 108 valence electrons. The van der Waals surface area contributed by atoms with Crippen LogP contribution in [0.25, 0.3) is 0 Å². The molecule has 0 aliphatic heterocycles. The van der Waals surface area contributed by atoms with E-state index in [1.54, 1.807) is 0 Å². The van der Waals surface area contributed by atoms with E-state index < -0.39 is 24.1 Å². The quantitative estimate of drug-likeness (QED) is 0.734. The zero-order chi connectivity index (χ0) is 14.3. The van der Waals surface area contributed by atoms with Crippen LogP contribution in [0.2, 0.25) is 0 Å². The summed E-state index contributed by atoms with van der Waals surface area (Å²) in [5, 5.41) is 3.10. The molecule has 0 unspecified atom stereocenters. The Morgan fingerprint density at radius 1 is 1.21 bits per heavy atom. The van der Waals surface area contributed by atoms with Gasteiger partial charge in [0, 0.05) is 13.0 Å². The number of alkyl halides is 1. The van der Waals surface area contributed by atoms with Crippen molar-refractivity contribution in [3.05, 3.63) is 29.3 Å². The lowest BCUT2D eigenvalue weighted by molar-refractivity contribution is 0.264. The second-order valence-electron chi connectivity index (χ2n) is 4.80. The summed E-state index contributed by atoms with van der Waals surface area (Å²) in [6.07, 6.45) is 0.122. The molecule has 0 spiro atoms. The van der Waals surface area contributed by atoms with Gasteiger partial charge in [-0.2, -0.15) is 0 Å². The lowest BCUT2D eigenvalue weighted by Gasteiger charge is -2.11. The largest absolute Gasteiger partial charge is 0.488 e. The van der Waals surface area contributed by atoms with Crippen molar-refractivity contribution in [2.45, 2.75) is 26.8 Å². The third-order valence-corrected chi connectivity index (χ3v) is 2.46. The zero-order valence-electron chi connectivity index (χ0n) is 11.3. The number of halogens is 3. The summed E-state index contributed by atoms with van der Waals surface area (Å²) in [4.78, 5) is 0. The molecule has 1 aromatic carbocycles. The third-order valence-electron chi connectivity index (χ3n) is 2.46. The molecule has 0 atom stereocenters. The molecule has 0 bridgehead atoms. The van der Waals surface area contributed by atoms with Crippen molar-refractivity contribution in [2.24, 2.45) is 5.92 Å². The van der Waals surface area contributed by atoms with Gasteiger partial charge >= 0.3 is 0 Å². The van der Waals surface area contributed by atoms with Gasteiger partial charge in [-0.25, -0.2) is 8.78 Å². The van der Waals surface area contributed by atoms with Crippen molar-refractivity contribution in [3.8, 4) is 5.75 Å². The van der Waals surface area contributed by atoms with Gasteiger partial charge in [0.25, 0.3) is 0 Å². The normalized spacial score (nSPS) is 11.1. The highest BCUT2D eigenvalue weighted by Crippen LogP contribution is 2.23. The molecular formula is C14H20F3NO. The fraction of sp³-hybridized carbons (Fsp3) is 0.571. The minimum absolute atomic E-state index is 0.0325. The van der Waals surface area contributed by atoms with E-state index in [-0.39, 0.29) is 13.0 Å². The number of hydrogen-bond acceptors (Lipinski definition) is 2. The van der Waals surface area contributed by atoms with Crippen LogP contribution in [0, 0.1) is 17.6 Å². The summed E-state index contributed by atoms with van der Waals surface area (Å²) >= 11 is 0. The van der Waals surface area contributed by atoms with Gasteiger partial charge in [0.15, 0.2) is 17.4 Å². The molecule has 0 aliphatic carbocycles. The highest BCUT2D eigenvalue weighted by atomic mass is 19.1. The fourth-order valence-electron chi connectivity index (χ4n) is 1.59. The molecule has 0 fully saturated rings. The molecule has 0 amide bonds. The predicted octanol–water partition coefficient (Wildman–Crippen LogP) is 3.45. The van der Waals surface area contributed by atoms with E-state index in [0.29, 0.717) is 18.0 Å². The van der Waals surface area contributed by atoms with Crippen molar-refractivity contribution in [3.63, 3.8) is 0 Å². The summed E-state index contributed by atoms with van der Waals surface area (Å²) in [5.41, 5.74) is 0.522. The maximum absolute atomic E-state index is 13.6. The Balaban J connectivity index is 2.62. The monoisotopic (exact) mass is 275 g/mol. The number of hydrogen-bond donors (Lipinski definition) is 1. The number of rotatable bonds is 8. The van der Waals surface area contributed by atoms with E-state index in [9.17, 15) is 13.2 Å². The molecule has 0 aromatic heterocycles. The average molecular weight is 275 g/mol. The van der Waals surface area contributed by atoms with E-state index in [1.807, 2.05) is 0 Å². The Labute approximate surface area is 112 Å². The van der Waals surface area contributed by atoms with Gasteiger partial charge in [0.1, 0.15) is 0 Å². The molecule has 5 heteroatoms. The van der Waals surface area contributed by atoms with Gasteiger partial charge in [0.05, 0.1) is 13.3 Å². The topological polar surface area (TPSA) is 21.3 Å². The van der Waals surface area contributed by atoms with Crippen LogP contribution >= 0.6 is 0 Å². The molecule has 2 nitrogen and oxygen atoms in total. The Hall–Kier alpha value is -1.23. The van der Waals surface area contributed by atoms with Gasteiger partial charge < -0.3 is 10.1 Å². The van der Waals surface area contributed by atoms with Crippen LogP contribution in [0.5, 0.6) is 5.75 Å². The smallest absolute Gasteiger partial charge is 0.190 e. The van der Waals surface area contributed by atoms with Crippen LogP contribution in [0.3, 0.4) is 0 Å². The third kappa shape index (κ3) is 5.51. The lowest BCUT2D eigenvalue weighted by atomic mass is 10.1. The minimum Gasteiger partial charge on any atom is -0.488 e. The van der Waals surface area contributed by atoms with E-state index in [0.717, 1.165) is 6.54 Å². The van der Waals surface area contributed by atoms with Crippen LogP contribution in [-0.2, 0) is 6.54 Å². The van der Waals surface area contributed by atoms with Gasteiger partial charge in [-0.05, 0) is 30.2 Å². The van der Waals surface area contributed by atoms with Gasteiger partial charge in [0.2, 0.25) is 0 Å². The van der Waals surface area contributed by atoms with E-state index >= 15 is 0 Å². The van der Waals surface area contributed by atoms with Crippen molar-refractivity contribution in [1.82, 2.24) is 5.32 Å². The second-order valence-corrected chi connectivity index (χ2v) is 4.80. The molecule has 0 saturated carbocycles. The fourth-order valence-corrected chi connectivity index (χ4v) is 1.59. The molecular weight excluding hydrogens is 255 g/mol. The Kier molecular flexibility index (Phi) is 6.70. The molecule has 0 radical (unpaired) electrons. The Morgan fingerprint density at radius 3 is 2.37 bits per heavy atom. The first-order chi connectivity index (χ1) is 9.04. The number of nitrogens with one attached hydrogen (secondary N) is 1. The molecule has 1 aromatic rings. The Morgan fingerprint density at radius 2 is 1.84 bits per heavy atom. The molecule has 0 aliphatic rings. The predicted molar refractivity (Wildman–Crippen MR) is 69.0 cm³/mol. The number of ether oxygens (including phenoxy) is 1. The van der Waals surface area contributed by atoms with E-state index in [1.165, 1.54) is 12.1 Å². The van der Waals surface area contributed by atoms with Crippen molar-refractivity contribution in [1.29, 1.82) is 0 Å². The first-order valence-electron chi connectivity index (χ1n) is 6.42. The molecule has 1 rings (SSSR count). The lowest BCUT2D eigenvalue weighted by Crippen LogP contribution is -2.19. The van der Waals surface area contributed by atoms with Crippen LogP contribution < -0.4 is 10.1 Å². The summed E-state index contributed by atoms with van der Waals surface area (Å²) in [5.74, 6) is -1.46. The van der Waals surface area contributed by atoms with Crippen molar-refractivity contribution in [2.75, 3.05) is 19.8 Å². The molecule has 1 N–H and O–H groups in total. The van der Waals surface area contributed by atoms with Crippen LogP contribution in [0.1, 0.15) is 25.8 Å². The summed E-state index contributed by atoms with van der Waals surface area (Å²) in [7, 11) is 0. The summed E-state index contributed by atoms with van der Waals surface area (Å²) in [6.45, 7) is 4.68. The van der Waals surface area contributed by atoms with Gasteiger partial charge in [-0.15, -0.1) is 0 Å². The zero-order valence-corrected chi connectivity index (χ0v) is 11.3. The van der Waals surface area contributed by atoms with Gasteiger partial charge in [-0.1, -0.05) is 13.8 Å². The maximum atomic E-state index is 13.6. The average Bonchev–Trinajstić information content (AvgIpc) is 2.32. The molecule has 0 saturated heterocycles. The maximum Gasteiger partial charge on any atom is 0.190 e. The first kappa shape index (κ1) is 15.8. The second kappa shape index (κ2) is 8.04. The van der Waals surface area contributed by atoms with Crippen LogP contribution in [0.15, 0.2) is 12.1 Å². The Bertz CT molecular complexity index is 373. The van der Waals surface area contributed by atoms with Crippen LogP contribution in [0.4, 0.5) is 13.2 Å². The van der Waals surface area contributed by atoms with Crippen LogP contribution in [-0.4, -0.2) is 19.8 Å². The van der Waals surface area contributed by atoms with E-state index in [2.05, 4.69) is 19.2 Å². The molecule has 0 heterocycles. The summed E-state index contributed by atoms with van der Waals surface area (Å²) < 4.78 is 44.1.